The van der Waals surface area contributed by atoms with Crippen LogP contribution < -0.4 is 0 Å². The first kappa shape index (κ1) is 6.02. The third-order valence-corrected chi connectivity index (χ3v) is 1.24. The molecule has 0 unspecified atom stereocenters. The molecule has 0 saturated carbocycles. The molecular formula is C8H8O. The number of allylic oxidation sites excluding steroid dienone is 5. The second kappa shape index (κ2) is 2.44. The smallest absolute Gasteiger partial charge is 0.181 e. The summed E-state index contributed by atoms with van der Waals surface area (Å²) in [4.78, 5) is 10.8. The lowest BCUT2D eigenvalue weighted by Gasteiger charge is -1.86. The third kappa shape index (κ3) is 1.17. The molecule has 46 valence electrons. The Kier molecular flexibility index (Phi) is 1.63. The Morgan fingerprint density at radius 2 is 2.44 bits per heavy atom. The van der Waals surface area contributed by atoms with Crippen LogP contribution in [0.3, 0.4) is 0 Å². The van der Waals surface area contributed by atoms with Crippen LogP contribution >= 0.6 is 0 Å². The average molecular weight is 120 g/mol. The lowest BCUT2D eigenvalue weighted by Crippen LogP contribution is -1.88. The van der Waals surface area contributed by atoms with Gasteiger partial charge in [0.15, 0.2) is 5.78 Å². The molecule has 0 radical (unpaired) electrons. The zero-order chi connectivity index (χ0) is 6.69. The van der Waals surface area contributed by atoms with Crippen molar-refractivity contribution in [3.05, 3.63) is 36.5 Å². The van der Waals surface area contributed by atoms with E-state index in [0.29, 0.717) is 0 Å². The van der Waals surface area contributed by atoms with Crippen LogP contribution in [0.1, 0.15) is 6.42 Å². The number of rotatable bonds is 1. The minimum absolute atomic E-state index is 0.120. The molecule has 9 heavy (non-hydrogen) atoms. The second-order valence-corrected chi connectivity index (χ2v) is 1.90. The van der Waals surface area contributed by atoms with Gasteiger partial charge in [0.2, 0.25) is 0 Å². The highest BCUT2D eigenvalue weighted by atomic mass is 16.1. The van der Waals surface area contributed by atoms with Crippen LogP contribution in [0.5, 0.6) is 0 Å². The van der Waals surface area contributed by atoms with Gasteiger partial charge in [-0.3, -0.25) is 4.79 Å². The molecule has 0 aliphatic heterocycles. The van der Waals surface area contributed by atoms with Gasteiger partial charge in [-0.1, -0.05) is 24.8 Å². The molecule has 0 saturated heterocycles. The minimum Gasteiger partial charge on any atom is -0.290 e. The number of hydrogen-bond acceptors (Lipinski definition) is 1. The Hall–Kier alpha value is -1.11. The van der Waals surface area contributed by atoms with Crippen LogP contribution in [0, 0.1) is 0 Å². The van der Waals surface area contributed by atoms with Crippen molar-refractivity contribution in [1.82, 2.24) is 0 Å². The fourth-order valence-corrected chi connectivity index (χ4v) is 0.793. The van der Waals surface area contributed by atoms with Crippen molar-refractivity contribution in [2.24, 2.45) is 0 Å². The molecule has 0 N–H and O–H groups in total. The van der Waals surface area contributed by atoms with Crippen molar-refractivity contribution in [3.63, 3.8) is 0 Å². The summed E-state index contributed by atoms with van der Waals surface area (Å²) in [6.45, 7) is 3.50. The summed E-state index contributed by atoms with van der Waals surface area (Å²) in [5.74, 6) is 0.120. The van der Waals surface area contributed by atoms with Gasteiger partial charge >= 0.3 is 0 Å². The highest BCUT2D eigenvalue weighted by Crippen LogP contribution is 2.11. The fourth-order valence-electron chi connectivity index (χ4n) is 0.793. The predicted octanol–water partition coefficient (Wildman–Crippen LogP) is 1.63. The number of ketones is 1. The van der Waals surface area contributed by atoms with E-state index in [1.807, 2.05) is 6.08 Å². The summed E-state index contributed by atoms with van der Waals surface area (Å²) in [7, 11) is 0. The Morgan fingerprint density at radius 3 is 2.89 bits per heavy atom. The van der Waals surface area contributed by atoms with E-state index >= 15 is 0 Å². The van der Waals surface area contributed by atoms with E-state index in [2.05, 4.69) is 6.58 Å². The number of carbonyl (C=O) groups excluding carboxylic acids is 1. The highest BCUT2D eigenvalue weighted by molar-refractivity contribution is 6.06. The van der Waals surface area contributed by atoms with E-state index in [-0.39, 0.29) is 5.78 Å². The third-order valence-electron chi connectivity index (χ3n) is 1.24. The van der Waals surface area contributed by atoms with E-state index in [9.17, 15) is 4.79 Å². The normalized spacial score (nSPS) is 21.3. The molecule has 0 bridgehead atoms. The maximum atomic E-state index is 10.8. The molecule has 0 aromatic heterocycles. The van der Waals surface area contributed by atoms with Crippen molar-refractivity contribution >= 4 is 5.78 Å². The first-order valence-electron chi connectivity index (χ1n) is 2.87. The standard InChI is InChI=1S/C8H8O/c1-2-4-7-5-3-6-8(7)9/h2-4,6H,1,5H2. The zero-order valence-electron chi connectivity index (χ0n) is 5.13. The van der Waals surface area contributed by atoms with Crippen LogP contribution in [0.15, 0.2) is 36.5 Å². The van der Waals surface area contributed by atoms with Gasteiger partial charge < -0.3 is 0 Å². The molecule has 1 aliphatic carbocycles. The lowest BCUT2D eigenvalue weighted by molar-refractivity contribution is -0.111. The van der Waals surface area contributed by atoms with Crippen LogP contribution in [0.25, 0.3) is 0 Å². The summed E-state index contributed by atoms with van der Waals surface area (Å²) in [5.41, 5.74) is 0.838. The molecule has 0 atom stereocenters. The maximum absolute atomic E-state index is 10.8. The van der Waals surface area contributed by atoms with Gasteiger partial charge in [-0.05, 0) is 12.5 Å². The Labute approximate surface area is 54.4 Å². The lowest BCUT2D eigenvalue weighted by atomic mass is 10.2. The van der Waals surface area contributed by atoms with Crippen LogP contribution in [-0.2, 0) is 4.79 Å². The van der Waals surface area contributed by atoms with Gasteiger partial charge in [0, 0.05) is 5.57 Å². The Morgan fingerprint density at radius 1 is 1.67 bits per heavy atom. The molecule has 1 aliphatic rings. The predicted molar refractivity (Wildman–Crippen MR) is 37.0 cm³/mol. The maximum Gasteiger partial charge on any atom is 0.181 e. The summed E-state index contributed by atoms with van der Waals surface area (Å²) in [6.07, 6.45) is 7.61. The summed E-state index contributed by atoms with van der Waals surface area (Å²) in [6, 6.07) is 0. The molecule has 0 aromatic rings. The Balaban J connectivity index is 2.77. The van der Waals surface area contributed by atoms with Gasteiger partial charge in [-0.25, -0.2) is 0 Å². The van der Waals surface area contributed by atoms with Crippen molar-refractivity contribution < 1.29 is 4.79 Å². The van der Waals surface area contributed by atoms with Crippen molar-refractivity contribution in [1.29, 1.82) is 0 Å². The molecule has 0 fully saturated rings. The molecule has 0 amide bonds. The van der Waals surface area contributed by atoms with E-state index in [1.165, 1.54) is 0 Å². The topological polar surface area (TPSA) is 17.1 Å². The SMILES string of the molecule is C=CC=C1CC=CC1=O. The average Bonchev–Trinajstić information content (AvgIpc) is 2.18. The van der Waals surface area contributed by atoms with E-state index in [4.69, 9.17) is 0 Å². The van der Waals surface area contributed by atoms with Crippen LogP contribution in [-0.4, -0.2) is 5.78 Å². The van der Waals surface area contributed by atoms with Gasteiger partial charge in [0.25, 0.3) is 0 Å². The molecular weight excluding hydrogens is 112 g/mol. The fraction of sp³-hybridized carbons (Fsp3) is 0.125. The summed E-state index contributed by atoms with van der Waals surface area (Å²) in [5, 5.41) is 0. The molecule has 1 heteroatoms. The van der Waals surface area contributed by atoms with E-state index < -0.39 is 0 Å². The quantitative estimate of drug-likeness (QED) is 0.480. The molecule has 1 rings (SSSR count). The van der Waals surface area contributed by atoms with Crippen molar-refractivity contribution in [3.8, 4) is 0 Å². The van der Waals surface area contributed by atoms with E-state index in [0.717, 1.165) is 12.0 Å². The second-order valence-electron chi connectivity index (χ2n) is 1.90. The molecule has 0 aromatic carbocycles. The largest absolute Gasteiger partial charge is 0.290 e. The monoisotopic (exact) mass is 120 g/mol. The zero-order valence-corrected chi connectivity index (χ0v) is 5.13. The minimum atomic E-state index is 0.120. The molecule has 0 heterocycles. The van der Waals surface area contributed by atoms with Crippen molar-refractivity contribution in [2.45, 2.75) is 6.42 Å². The number of carbonyl (C=O) groups is 1. The highest BCUT2D eigenvalue weighted by Gasteiger charge is 2.07. The first-order valence-corrected chi connectivity index (χ1v) is 2.87. The van der Waals surface area contributed by atoms with Crippen LogP contribution in [0.4, 0.5) is 0 Å². The van der Waals surface area contributed by atoms with Gasteiger partial charge in [-0.15, -0.1) is 0 Å². The summed E-state index contributed by atoms with van der Waals surface area (Å²) < 4.78 is 0. The molecule has 0 spiro atoms. The van der Waals surface area contributed by atoms with Gasteiger partial charge in [-0.2, -0.15) is 0 Å². The summed E-state index contributed by atoms with van der Waals surface area (Å²) >= 11 is 0. The van der Waals surface area contributed by atoms with E-state index in [1.54, 1.807) is 18.2 Å². The van der Waals surface area contributed by atoms with Crippen molar-refractivity contribution in [2.75, 3.05) is 0 Å². The van der Waals surface area contributed by atoms with Crippen LogP contribution in [0.2, 0.25) is 0 Å². The number of hydrogen-bond donors (Lipinski definition) is 0. The van der Waals surface area contributed by atoms with Gasteiger partial charge in [0.05, 0.1) is 0 Å². The Bertz CT molecular complexity index is 197. The first-order chi connectivity index (χ1) is 4.34. The molecule has 1 nitrogen and oxygen atoms in total. The van der Waals surface area contributed by atoms with Gasteiger partial charge in [0.1, 0.15) is 0 Å².